The van der Waals surface area contributed by atoms with E-state index in [1.165, 1.54) is 22.7 Å². The van der Waals surface area contributed by atoms with Gasteiger partial charge in [0.2, 0.25) is 0 Å². The highest BCUT2D eigenvalue weighted by molar-refractivity contribution is 5.88. The Labute approximate surface area is 149 Å². The van der Waals surface area contributed by atoms with E-state index in [1.807, 2.05) is 0 Å². The maximum Gasteiger partial charge on any atom is 0.452 e. The fourth-order valence-corrected chi connectivity index (χ4v) is 3.82. The van der Waals surface area contributed by atoms with Gasteiger partial charge in [0.15, 0.2) is 0 Å². The summed E-state index contributed by atoms with van der Waals surface area (Å²) < 4.78 is 41.7. The van der Waals surface area contributed by atoms with Crippen LogP contribution in [0.5, 0.6) is 0 Å². The highest BCUT2D eigenvalue weighted by atomic mass is 19.4. The van der Waals surface area contributed by atoms with Gasteiger partial charge in [0, 0.05) is 0 Å². The Morgan fingerprint density at radius 2 is 1.81 bits per heavy atom. The zero-order chi connectivity index (χ0) is 19.3. The van der Waals surface area contributed by atoms with E-state index in [-0.39, 0.29) is 23.9 Å². The molecule has 0 radical (unpaired) electrons. The molecule has 1 N–H and O–H groups in total. The van der Waals surface area contributed by atoms with Gasteiger partial charge in [0.1, 0.15) is 22.7 Å². The minimum Gasteiger partial charge on any atom is -0.317 e. The van der Waals surface area contributed by atoms with Gasteiger partial charge in [-0.3, -0.25) is 23.4 Å². The Kier molecular flexibility index (Phi) is 4.02. The standard InChI is InChI=1S/C17H15F3N4O3/c18-17(19,20)14(25)13(9-4-6-21-7-5-9)24-15(26)10-2-1-3-12-22-8-11(16(24)27)23(10)12/h1-3,8-9,13,21H,4-7H2. The summed E-state index contributed by atoms with van der Waals surface area (Å²) in [6.45, 7) is 0.825. The average Bonchev–Trinajstić information content (AvgIpc) is 3.08. The molecule has 1 saturated heterocycles. The van der Waals surface area contributed by atoms with E-state index in [2.05, 4.69) is 10.3 Å². The second-order valence-corrected chi connectivity index (χ2v) is 6.62. The monoisotopic (exact) mass is 380 g/mol. The maximum absolute atomic E-state index is 13.3. The third-order valence-electron chi connectivity index (χ3n) is 5.06. The highest BCUT2D eigenvalue weighted by Gasteiger charge is 2.48. The van der Waals surface area contributed by atoms with Crippen LogP contribution in [0.2, 0.25) is 0 Å². The van der Waals surface area contributed by atoms with Crippen molar-refractivity contribution in [2.75, 3.05) is 13.1 Å². The Morgan fingerprint density at radius 3 is 2.48 bits per heavy atom. The first-order valence-electron chi connectivity index (χ1n) is 8.47. The number of carbonyl (C=O) groups is 1. The fraction of sp³-hybridized carbons (Fsp3) is 0.412. The van der Waals surface area contributed by atoms with E-state index in [1.54, 1.807) is 6.07 Å². The second-order valence-electron chi connectivity index (χ2n) is 6.62. The molecule has 0 saturated carbocycles. The Bertz CT molecular complexity index is 1130. The Balaban J connectivity index is 2.02. The summed E-state index contributed by atoms with van der Waals surface area (Å²) in [5.74, 6) is -2.84. The summed E-state index contributed by atoms with van der Waals surface area (Å²) in [6, 6.07) is 2.62. The van der Waals surface area contributed by atoms with E-state index >= 15 is 0 Å². The molecule has 3 aromatic heterocycles. The summed E-state index contributed by atoms with van der Waals surface area (Å²) in [4.78, 5) is 42.1. The predicted molar refractivity (Wildman–Crippen MR) is 90.1 cm³/mol. The van der Waals surface area contributed by atoms with Gasteiger partial charge in [-0.1, -0.05) is 6.07 Å². The summed E-state index contributed by atoms with van der Waals surface area (Å²) >= 11 is 0. The van der Waals surface area contributed by atoms with Gasteiger partial charge in [-0.05, 0) is 44.0 Å². The molecule has 0 spiro atoms. The minimum absolute atomic E-state index is 0.00788. The number of rotatable bonds is 3. The second kappa shape index (κ2) is 6.15. The lowest BCUT2D eigenvalue weighted by Crippen LogP contribution is -2.49. The van der Waals surface area contributed by atoms with Crippen LogP contribution in [0.25, 0.3) is 16.7 Å². The lowest BCUT2D eigenvalue weighted by Gasteiger charge is -2.31. The predicted octanol–water partition coefficient (Wildman–Crippen LogP) is 1.12. The van der Waals surface area contributed by atoms with Gasteiger partial charge >= 0.3 is 6.18 Å². The summed E-state index contributed by atoms with van der Waals surface area (Å²) in [5.41, 5.74) is -1.54. The molecular weight excluding hydrogens is 365 g/mol. The first kappa shape index (κ1) is 17.7. The van der Waals surface area contributed by atoms with Crippen LogP contribution < -0.4 is 16.4 Å². The normalized spacial score (nSPS) is 17.6. The van der Waals surface area contributed by atoms with E-state index in [0.29, 0.717) is 23.3 Å². The van der Waals surface area contributed by atoms with Crippen molar-refractivity contribution in [3.05, 3.63) is 45.1 Å². The van der Waals surface area contributed by atoms with Crippen molar-refractivity contribution in [2.45, 2.75) is 25.1 Å². The van der Waals surface area contributed by atoms with Crippen molar-refractivity contribution in [2.24, 2.45) is 5.92 Å². The number of piperidine rings is 1. The molecule has 4 heterocycles. The van der Waals surface area contributed by atoms with Crippen molar-refractivity contribution >= 4 is 22.5 Å². The molecule has 1 fully saturated rings. The molecule has 0 amide bonds. The number of Topliss-reactive ketones (excluding diaryl/α,β-unsaturated/α-hetero) is 1. The lowest BCUT2D eigenvalue weighted by atomic mass is 9.87. The van der Waals surface area contributed by atoms with Gasteiger partial charge in [-0.25, -0.2) is 4.98 Å². The topological polar surface area (TPSA) is 85.5 Å². The molecule has 10 heteroatoms. The van der Waals surface area contributed by atoms with Crippen LogP contribution in [0.4, 0.5) is 13.2 Å². The molecule has 3 aromatic rings. The van der Waals surface area contributed by atoms with Crippen molar-refractivity contribution in [1.82, 2.24) is 19.3 Å². The quantitative estimate of drug-likeness (QED) is 0.736. The third kappa shape index (κ3) is 2.71. The van der Waals surface area contributed by atoms with Crippen molar-refractivity contribution in [3.8, 4) is 0 Å². The Morgan fingerprint density at radius 1 is 1.15 bits per heavy atom. The van der Waals surface area contributed by atoms with Gasteiger partial charge in [-0.15, -0.1) is 0 Å². The van der Waals surface area contributed by atoms with E-state index in [0.717, 1.165) is 0 Å². The number of alkyl halides is 3. The molecule has 1 unspecified atom stereocenters. The summed E-state index contributed by atoms with van der Waals surface area (Å²) in [6.07, 6.45) is -3.43. The van der Waals surface area contributed by atoms with Gasteiger partial charge < -0.3 is 5.32 Å². The molecule has 1 aliphatic rings. The smallest absolute Gasteiger partial charge is 0.317 e. The number of halogens is 3. The molecule has 0 bridgehead atoms. The molecule has 0 aliphatic carbocycles. The number of ketones is 1. The zero-order valence-electron chi connectivity index (χ0n) is 14.0. The zero-order valence-corrected chi connectivity index (χ0v) is 14.0. The number of nitrogens with one attached hydrogen (secondary N) is 1. The van der Waals surface area contributed by atoms with Crippen LogP contribution in [-0.2, 0) is 4.79 Å². The number of imidazole rings is 1. The fourth-order valence-electron chi connectivity index (χ4n) is 3.82. The highest BCUT2D eigenvalue weighted by Crippen LogP contribution is 2.32. The number of hydrogen-bond donors (Lipinski definition) is 1. The summed E-state index contributed by atoms with van der Waals surface area (Å²) in [5, 5.41) is 3.01. The number of pyridine rings is 1. The lowest BCUT2D eigenvalue weighted by molar-refractivity contribution is -0.177. The molecule has 1 aliphatic heterocycles. The van der Waals surface area contributed by atoms with E-state index in [9.17, 15) is 27.6 Å². The van der Waals surface area contributed by atoms with E-state index < -0.39 is 35.0 Å². The van der Waals surface area contributed by atoms with Crippen molar-refractivity contribution < 1.29 is 18.0 Å². The first-order valence-corrected chi connectivity index (χ1v) is 8.47. The number of nitrogens with zero attached hydrogens (tertiary/aromatic N) is 3. The minimum atomic E-state index is -5.15. The van der Waals surface area contributed by atoms with Crippen molar-refractivity contribution in [3.63, 3.8) is 0 Å². The maximum atomic E-state index is 13.3. The van der Waals surface area contributed by atoms with Crippen LogP contribution in [0.3, 0.4) is 0 Å². The number of aromatic nitrogens is 3. The largest absolute Gasteiger partial charge is 0.452 e. The average molecular weight is 380 g/mol. The van der Waals surface area contributed by atoms with Crippen molar-refractivity contribution in [1.29, 1.82) is 0 Å². The van der Waals surface area contributed by atoms with Gasteiger partial charge in [-0.2, -0.15) is 13.2 Å². The molecule has 27 heavy (non-hydrogen) atoms. The Hall–Kier alpha value is -2.75. The summed E-state index contributed by atoms with van der Waals surface area (Å²) in [7, 11) is 0. The van der Waals surface area contributed by atoms with Crippen LogP contribution in [0, 0.1) is 5.92 Å². The van der Waals surface area contributed by atoms with Gasteiger partial charge in [0.05, 0.1) is 6.20 Å². The van der Waals surface area contributed by atoms with Gasteiger partial charge in [0.25, 0.3) is 16.9 Å². The van der Waals surface area contributed by atoms with Crippen LogP contribution >= 0.6 is 0 Å². The molecule has 1 atom stereocenters. The number of carbonyl (C=O) groups excluding carboxylic acids is 1. The van der Waals surface area contributed by atoms with Crippen LogP contribution in [-0.4, -0.2) is 39.0 Å². The SMILES string of the molecule is O=C(C(C1CCNCC1)n1c(=O)c2cccc3ncc(c1=O)n32)C(F)(F)F. The van der Waals surface area contributed by atoms with Crippen LogP contribution in [0.15, 0.2) is 34.0 Å². The first-order chi connectivity index (χ1) is 12.8. The number of hydrogen-bond acceptors (Lipinski definition) is 5. The third-order valence-corrected chi connectivity index (χ3v) is 5.06. The molecular formula is C17H15F3N4O3. The molecule has 7 nitrogen and oxygen atoms in total. The molecule has 0 aromatic carbocycles. The molecule has 4 rings (SSSR count). The van der Waals surface area contributed by atoms with E-state index in [4.69, 9.17) is 0 Å². The van der Waals surface area contributed by atoms with Crippen LogP contribution in [0.1, 0.15) is 18.9 Å². The molecule has 142 valence electrons.